The average Bonchev–Trinajstić information content (AvgIpc) is 3.21. The van der Waals surface area contributed by atoms with Gasteiger partial charge in [-0.05, 0) is 43.2 Å². The van der Waals surface area contributed by atoms with Crippen molar-refractivity contribution in [3.63, 3.8) is 0 Å². The highest BCUT2D eigenvalue weighted by Gasteiger charge is 2.23. The van der Waals surface area contributed by atoms with E-state index in [1.807, 2.05) is 23.2 Å². The summed E-state index contributed by atoms with van der Waals surface area (Å²) in [6.45, 7) is 11.1. The summed E-state index contributed by atoms with van der Waals surface area (Å²) in [7, 11) is 0. The topological polar surface area (TPSA) is 60.0 Å². The average molecular weight is 462 g/mol. The van der Waals surface area contributed by atoms with Crippen molar-refractivity contribution in [2.75, 3.05) is 37.7 Å². The summed E-state index contributed by atoms with van der Waals surface area (Å²) in [4.78, 5) is 14.8. The molecule has 6 nitrogen and oxygen atoms in total. The minimum absolute atomic E-state index is 0.0336. The fourth-order valence-electron chi connectivity index (χ4n) is 3.76. The van der Waals surface area contributed by atoms with Crippen LogP contribution in [0.2, 0.25) is 10.0 Å². The van der Waals surface area contributed by atoms with Crippen LogP contribution in [0.25, 0.3) is 0 Å². The number of nitrogens with one attached hydrogen (secondary N) is 2. The Hall–Kier alpha value is -2.12. The summed E-state index contributed by atoms with van der Waals surface area (Å²) >= 11 is 12.1. The minimum Gasteiger partial charge on any atom is -0.312 e. The zero-order chi connectivity index (χ0) is 22.2. The Kier molecular flexibility index (Phi) is 8.72. The van der Waals surface area contributed by atoms with Crippen LogP contribution in [0.1, 0.15) is 19.3 Å². The molecule has 0 saturated carbocycles. The van der Waals surface area contributed by atoms with Crippen LogP contribution in [-0.2, 0) is 4.79 Å². The van der Waals surface area contributed by atoms with E-state index < -0.39 is 0 Å². The largest absolute Gasteiger partial charge is 0.312 e. The molecule has 1 fully saturated rings. The van der Waals surface area contributed by atoms with Crippen molar-refractivity contribution in [1.29, 1.82) is 0 Å². The lowest BCUT2D eigenvalue weighted by Gasteiger charge is -2.32. The summed E-state index contributed by atoms with van der Waals surface area (Å²) in [5.74, 6) is 0.640. The first-order chi connectivity index (χ1) is 15.0. The molecule has 2 N–H and O–H groups in total. The zero-order valence-corrected chi connectivity index (χ0v) is 19.1. The highest BCUT2D eigenvalue weighted by Crippen LogP contribution is 2.28. The van der Waals surface area contributed by atoms with Gasteiger partial charge in [0, 0.05) is 32.1 Å². The molecule has 0 bridgehead atoms. The van der Waals surface area contributed by atoms with Gasteiger partial charge < -0.3 is 10.6 Å². The number of amidine groups is 1. The number of rotatable bonds is 8. The fraction of sp³-hybridized carbons (Fsp3) is 0.391. The van der Waals surface area contributed by atoms with Crippen molar-refractivity contribution in [3.05, 3.63) is 65.2 Å². The second kappa shape index (κ2) is 11.5. The third kappa shape index (κ3) is 6.94. The smallest absolute Gasteiger partial charge is 0.239 e. The molecule has 0 aromatic heterocycles. The first-order valence-electron chi connectivity index (χ1n) is 10.5. The summed E-state index contributed by atoms with van der Waals surface area (Å²) in [6.07, 6.45) is 8.40. The number of nitrogens with zero attached hydrogens (tertiary/aromatic N) is 3. The van der Waals surface area contributed by atoms with Crippen LogP contribution in [0.3, 0.4) is 0 Å². The number of benzene rings is 1. The molecule has 166 valence electrons. The van der Waals surface area contributed by atoms with Gasteiger partial charge >= 0.3 is 0 Å². The maximum absolute atomic E-state index is 12.6. The highest BCUT2D eigenvalue weighted by molar-refractivity contribution is 6.42. The Morgan fingerprint density at radius 3 is 2.84 bits per heavy atom. The monoisotopic (exact) mass is 461 g/mol. The van der Waals surface area contributed by atoms with Gasteiger partial charge in [-0.3, -0.25) is 14.7 Å². The van der Waals surface area contributed by atoms with Crippen LogP contribution in [0.15, 0.2) is 60.3 Å². The van der Waals surface area contributed by atoms with E-state index in [0.29, 0.717) is 41.4 Å². The van der Waals surface area contributed by atoms with Crippen LogP contribution in [0.4, 0.5) is 5.69 Å². The summed E-state index contributed by atoms with van der Waals surface area (Å²) in [6, 6.07) is 5.74. The van der Waals surface area contributed by atoms with Gasteiger partial charge in [0.25, 0.3) is 0 Å². The molecule has 0 radical (unpaired) electrons. The van der Waals surface area contributed by atoms with Gasteiger partial charge in [0.2, 0.25) is 5.91 Å². The van der Waals surface area contributed by atoms with Crippen LogP contribution in [0.5, 0.6) is 0 Å². The molecule has 1 amide bonds. The zero-order valence-electron chi connectivity index (χ0n) is 17.6. The summed E-state index contributed by atoms with van der Waals surface area (Å²) in [5.41, 5.74) is 1.96. The molecule has 31 heavy (non-hydrogen) atoms. The van der Waals surface area contributed by atoms with Gasteiger partial charge in [-0.1, -0.05) is 54.6 Å². The van der Waals surface area contributed by atoms with Crippen LogP contribution < -0.4 is 15.6 Å². The van der Waals surface area contributed by atoms with Crippen molar-refractivity contribution in [2.45, 2.75) is 25.3 Å². The predicted molar refractivity (Wildman–Crippen MR) is 130 cm³/mol. The van der Waals surface area contributed by atoms with E-state index in [1.165, 1.54) is 0 Å². The SMILES string of the molecule is C=C/C=C(\C=C)CNC1CCCN(CC(=O)NC2=NN(c3ccc(Cl)c(Cl)c3)CC2)C1. The van der Waals surface area contributed by atoms with E-state index in [1.54, 1.807) is 18.2 Å². The Labute approximate surface area is 194 Å². The number of allylic oxidation sites excluding steroid dienone is 2. The molecule has 1 unspecified atom stereocenters. The third-order valence-corrected chi connectivity index (χ3v) is 6.09. The molecule has 2 aliphatic rings. The number of carbonyl (C=O) groups is 1. The number of hydrogen-bond donors (Lipinski definition) is 2. The third-order valence-electron chi connectivity index (χ3n) is 5.35. The number of anilines is 1. The molecule has 0 spiro atoms. The van der Waals surface area contributed by atoms with Crippen LogP contribution >= 0.6 is 23.2 Å². The number of likely N-dealkylation sites (tertiary alicyclic amines) is 1. The molecule has 1 aromatic carbocycles. The van der Waals surface area contributed by atoms with Crippen LogP contribution in [-0.4, -0.2) is 55.4 Å². The van der Waals surface area contributed by atoms with E-state index in [4.69, 9.17) is 23.2 Å². The van der Waals surface area contributed by atoms with E-state index in [2.05, 4.69) is 33.8 Å². The quantitative estimate of drug-likeness (QED) is 0.574. The number of hydrazone groups is 1. The molecule has 3 rings (SSSR count). The number of carbonyl (C=O) groups excluding carboxylic acids is 1. The van der Waals surface area contributed by atoms with Gasteiger partial charge in [0.05, 0.1) is 22.3 Å². The molecule has 1 atom stereocenters. The predicted octanol–water partition coefficient (Wildman–Crippen LogP) is 3.99. The Bertz CT molecular complexity index is 883. The van der Waals surface area contributed by atoms with Gasteiger partial charge in [-0.15, -0.1) is 0 Å². The number of piperidine rings is 1. The lowest BCUT2D eigenvalue weighted by atomic mass is 10.1. The van der Waals surface area contributed by atoms with E-state index in [0.717, 1.165) is 43.7 Å². The van der Waals surface area contributed by atoms with Gasteiger partial charge in [-0.25, -0.2) is 0 Å². The molecule has 2 heterocycles. The standard InChI is InChI=1S/C23H29Cl2N5O/c1-3-6-17(4-2)14-26-18-7-5-11-29(15-18)16-23(31)27-22-10-12-30(28-22)19-8-9-20(24)21(25)13-19/h3-4,6,8-9,13,18,26H,1-2,5,7,10-12,14-16H2,(H,27,28,31)/b17-6+. The maximum atomic E-state index is 12.6. The van der Waals surface area contributed by atoms with Crippen molar-refractivity contribution in [3.8, 4) is 0 Å². The van der Waals surface area contributed by atoms with Gasteiger partial charge in [0.15, 0.2) is 0 Å². The Balaban J connectivity index is 1.47. The Morgan fingerprint density at radius 2 is 2.10 bits per heavy atom. The minimum atomic E-state index is -0.0336. The molecule has 1 aromatic rings. The number of hydrogen-bond acceptors (Lipinski definition) is 5. The number of amides is 1. The van der Waals surface area contributed by atoms with Crippen molar-refractivity contribution >= 4 is 40.6 Å². The van der Waals surface area contributed by atoms with Crippen molar-refractivity contribution in [1.82, 2.24) is 15.5 Å². The molecule has 1 saturated heterocycles. The second-order valence-corrected chi connectivity index (χ2v) is 8.52. The van der Waals surface area contributed by atoms with Crippen LogP contribution in [0, 0.1) is 0 Å². The fourth-order valence-corrected chi connectivity index (χ4v) is 4.05. The lowest BCUT2D eigenvalue weighted by molar-refractivity contribution is -0.121. The highest BCUT2D eigenvalue weighted by atomic mass is 35.5. The number of halogens is 2. The second-order valence-electron chi connectivity index (χ2n) is 7.70. The summed E-state index contributed by atoms with van der Waals surface area (Å²) < 4.78 is 0. The van der Waals surface area contributed by atoms with Crippen molar-refractivity contribution in [2.24, 2.45) is 5.10 Å². The maximum Gasteiger partial charge on any atom is 0.239 e. The van der Waals surface area contributed by atoms with E-state index in [9.17, 15) is 4.79 Å². The normalized spacial score (nSPS) is 19.8. The molecule has 0 aliphatic carbocycles. The molecule has 8 heteroatoms. The lowest BCUT2D eigenvalue weighted by Crippen LogP contribution is -2.49. The summed E-state index contributed by atoms with van der Waals surface area (Å²) in [5, 5.41) is 13.8. The molecule has 2 aliphatic heterocycles. The van der Waals surface area contributed by atoms with E-state index in [-0.39, 0.29) is 5.91 Å². The molecular weight excluding hydrogens is 433 g/mol. The first-order valence-corrected chi connectivity index (χ1v) is 11.2. The van der Waals surface area contributed by atoms with Gasteiger partial charge in [0.1, 0.15) is 5.84 Å². The first kappa shape index (κ1) is 23.5. The Morgan fingerprint density at radius 1 is 1.26 bits per heavy atom. The molecular formula is C23H29Cl2N5O. The van der Waals surface area contributed by atoms with Gasteiger partial charge in [-0.2, -0.15) is 5.10 Å². The van der Waals surface area contributed by atoms with Crippen molar-refractivity contribution < 1.29 is 4.79 Å². The van der Waals surface area contributed by atoms with E-state index >= 15 is 0 Å².